The van der Waals surface area contributed by atoms with Crippen LogP contribution < -0.4 is 11.1 Å². The number of hydrogen-bond acceptors (Lipinski definition) is 3. The number of halogens is 1. The van der Waals surface area contributed by atoms with Crippen LogP contribution in [0, 0.1) is 0 Å². The summed E-state index contributed by atoms with van der Waals surface area (Å²) in [6.07, 6.45) is 0.505. The number of hydrogen-bond donors (Lipinski definition) is 2. The molecule has 100 valence electrons. The van der Waals surface area contributed by atoms with Gasteiger partial charge in [-0.25, -0.2) is 0 Å². The van der Waals surface area contributed by atoms with E-state index < -0.39 is 11.6 Å². The van der Waals surface area contributed by atoms with Crippen LogP contribution in [0.4, 0.5) is 5.69 Å². The van der Waals surface area contributed by atoms with Crippen LogP contribution in [0.25, 0.3) is 0 Å². The van der Waals surface area contributed by atoms with Crippen LogP contribution in [-0.2, 0) is 9.53 Å². The number of nitrogens with one attached hydrogen (secondary N) is 1. The molecular weight excluding hydrogens is 296 g/mol. The fourth-order valence-electron chi connectivity index (χ4n) is 1.58. The van der Waals surface area contributed by atoms with Crippen LogP contribution in [0.15, 0.2) is 28.7 Å². The molecule has 1 amide bonds. The molecule has 5 heteroatoms. The lowest BCUT2D eigenvalue weighted by Gasteiger charge is -2.28. The van der Waals surface area contributed by atoms with Gasteiger partial charge < -0.3 is 15.8 Å². The summed E-state index contributed by atoms with van der Waals surface area (Å²) in [5.41, 5.74) is 5.86. The molecule has 1 aromatic carbocycles. The van der Waals surface area contributed by atoms with Gasteiger partial charge in [-0.3, -0.25) is 4.79 Å². The highest BCUT2D eigenvalue weighted by Crippen LogP contribution is 2.21. The predicted molar refractivity (Wildman–Crippen MR) is 76.5 cm³/mol. The Kier molecular flexibility index (Phi) is 5.16. The summed E-state index contributed by atoms with van der Waals surface area (Å²) in [6, 6.07) is 7.14. The summed E-state index contributed by atoms with van der Waals surface area (Å²) in [5.74, 6) is -0.389. The molecule has 0 saturated heterocycles. The number of nitrogens with two attached hydrogens (primary N) is 1. The molecule has 1 unspecified atom stereocenters. The molecule has 0 aliphatic carbocycles. The second-order valence-electron chi connectivity index (χ2n) is 4.78. The number of amides is 1. The molecule has 1 atom stereocenters. The standard InChI is InChI=1S/C13H19BrN2O2/c1-13(2,18-3)8-11(12(15)17)16-10-6-4-5-9(14)7-10/h4-7,11,16H,8H2,1-3H3,(H2,15,17). The Morgan fingerprint density at radius 1 is 1.56 bits per heavy atom. The van der Waals surface area contributed by atoms with Crippen molar-refractivity contribution >= 4 is 27.5 Å². The van der Waals surface area contributed by atoms with E-state index in [1.807, 2.05) is 38.1 Å². The van der Waals surface area contributed by atoms with Gasteiger partial charge in [0.05, 0.1) is 5.60 Å². The third-order valence-electron chi connectivity index (χ3n) is 2.76. The number of ether oxygens (including phenoxy) is 1. The summed E-state index contributed by atoms with van der Waals surface area (Å²) in [4.78, 5) is 11.5. The smallest absolute Gasteiger partial charge is 0.240 e. The Bertz CT molecular complexity index is 421. The van der Waals surface area contributed by atoms with Gasteiger partial charge in [0.15, 0.2) is 0 Å². The van der Waals surface area contributed by atoms with Gasteiger partial charge in [-0.15, -0.1) is 0 Å². The van der Waals surface area contributed by atoms with Crippen LogP contribution >= 0.6 is 15.9 Å². The van der Waals surface area contributed by atoms with Gasteiger partial charge in [0, 0.05) is 23.7 Å². The van der Waals surface area contributed by atoms with Crippen molar-refractivity contribution in [2.45, 2.75) is 31.9 Å². The normalized spacial score (nSPS) is 13.1. The first-order valence-electron chi connectivity index (χ1n) is 5.70. The van der Waals surface area contributed by atoms with Crippen molar-refractivity contribution in [3.05, 3.63) is 28.7 Å². The molecule has 0 bridgehead atoms. The molecule has 0 aliphatic heterocycles. The fraction of sp³-hybridized carbons (Fsp3) is 0.462. The van der Waals surface area contributed by atoms with Gasteiger partial charge >= 0.3 is 0 Å². The molecule has 0 fully saturated rings. The summed E-state index contributed by atoms with van der Waals surface area (Å²) in [7, 11) is 1.62. The monoisotopic (exact) mass is 314 g/mol. The quantitative estimate of drug-likeness (QED) is 0.848. The van der Waals surface area contributed by atoms with E-state index in [0.29, 0.717) is 6.42 Å². The maximum atomic E-state index is 11.5. The van der Waals surface area contributed by atoms with Crippen molar-refractivity contribution in [2.75, 3.05) is 12.4 Å². The SMILES string of the molecule is COC(C)(C)CC(Nc1cccc(Br)c1)C(N)=O. The molecule has 0 saturated carbocycles. The van der Waals surface area contributed by atoms with Crippen molar-refractivity contribution in [3.63, 3.8) is 0 Å². The van der Waals surface area contributed by atoms with E-state index in [-0.39, 0.29) is 5.91 Å². The van der Waals surface area contributed by atoms with Crippen LogP contribution in [0.2, 0.25) is 0 Å². The van der Waals surface area contributed by atoms with Crippen LogP contribution in [0.3, 0.4) is 0 Å². The fourth-order valence-corrected chi connectivity index (χ4v) is 1.98. The number of methoxy groups -OCH3 is 1. The van der Waals surface area contributed by atoms with Crippen molar-refractivity contribution in [1.29, 1.82) is 0 Å². The van der Waals surface area contributed by atoms with Gasteiger partial charge in [0.25, 0.3) is 0 Å². The molecule has 0 radical (unpaired) electrons. The van der Waals surface area contributed by atoms with E-state index in [2.05, 4.69) is 21.2 Å². The first-order chi connectivity index (χ1) is 8.34. The summed E-state index contributed by atoms with van der Waals surface area (Å²) < 4.78 is 6.27. The zero-order chi connectivity index (χ0) is 13.8. The van der Waals surface area contributed by atoms with E-state index >= 15 is 0 Å². The molecule has 18 heavy (non-hydrogen) atoms. The number of carbonyl (C=O) groups is 1. The average Bonchev–Trinajstić information content (AvgIpc) is 2.28. The molecule has 0 aliphatic rings. The maximum Gasteiger partial charge on any atom is 0.240 e. The lowest BCUT2D eigenvalue weighted by molar-refractivity contribution is -0.120. The molecule has 3 N–H and O–H groups in total. The van der Waals surface area contributed by atoms with E-state index in [1.54, 1.807) is 7.11 Å². The minimum absolute atomic E-state index is 0.389. The van der Waals surface area contributed by atoms with Gasteiger partial charge in [-0.05, 0) is 32.0 Å². The van der Waals surface area contributed by atoms with E-state index in [0.717, 1.165) is 10.2 Å². The Hall–Kier alpha value is -1.07. The number of anilines is 1. The van der Waals surface area contributed by atoms with Crippen molar-refractivity contribution in [2.24, 2.45) is 5.73 Å². The highest BCUT2D eigenvalue weighted by atomic mass is 79.9. The summed E-state index contributed by atoms with van der Waals surface area (Å²) in [6.45, 7) is 3.84. The third kappa shape index (κ3) is 4.66. The molecule has 0 spiro atoms. The average molecular weight is 315 g/mol. The molecule has 1 rings (SSSR count). The summed E-state index contributed by atoms with van der Waals surface area (Å²) >= 11 is 3.38. The summed E-state index contributed by atoms with van der Waals surface area (Å²) in [5, 5.41) is 3.13. The minimum atomic E-state index is -0.464. The highest BCUT2D eigenvalue weighted by Gasteiger charge is 2.26. The number of carbonyl (C=O) groups excluding carboxylic acids is 1. The minimum Gasteiger partial charge on any atom is -0.379 e. The molecule has 0 heterocycles. The van der Waals surface area contributed by atoms with Crippen LogP contribution in [-0.4, -0.2) is 24.7 Å². The predicted octanol–water partition coefficient (Wildman–Crippen LogP) is 2.53. The molecule has 0 aromatic heterocycles. The van der Waals surface area contributed by atoms with E-state index in [4.69, 9.17) is 10.5 Å². The Balaban J connectivity index is 2.78. The Morgan fingerprint density at radius 3 is 2.72 bits per heavy atom. The highest BCUT2D eigenvalue weighted by molar-refractivity contribution is 9.10. The maximum absolute atomic E-state index is 11.5. The zero-order valence-electron chi connectivity index (χ0n) is 10.9. The molecule has 4 nitrogen and oxygen atoms in total. The van der Waals surface area contributed by atoms with Crippen LogP contribution in [0.5, 0.6) is 0 Å². The Morgan fingerprint density at radius 2 is 2.22 bits per heavy atom. The second-order valence-corrected chi connectivity index (χ2v) is 5.69. The van der Waals surface area contributed by atoms with Crippen molar-refractivity contribution < 1.29 is 9.53 Å². The van der Waals surface area contributed by atoms with Gasteiger partial charge in [-0.1, -0.05) is 22.0 Å². The first kappa shape index (κ1) is 15.0. The van der Waals surface area contributed by atoms with E-state index in [9.17, 15) is 4.79 Å². The largest absolute Gasteiger partial charge is 0.379 e. The van der Waals surface area contributed by atoms with Crippen LogP contribution in [0.1, 0.15) is 20.3 Å². The van der Waals surface area contributed by atoms with E-state index in [1.165, 1.54) is 0 Å². The number of benzene rings is 1. The van der Waals surface area contributed by atoms with Gasteiger partial charge in [0.1, 0.15) is 6.04 Å². The zero-order valence-corrected chi connectivity index (χ0v) is 12.5. The molecular formula is C13H19BrN2O2. The van der Waals surface area contributed by atoms with Gasteiger partial charge in [0.2, 0.25) is 5.91 Å². The second kappa shape index (κ2) is 6.20. The Labute approximate surface area is 116 Å². The first-order valence-corrected chi connectivity index (χ1v) is 6.50. The van der Waals surface area contributed by atoms with Gasteiger partial charge in [-0.2, -0.15) is 0 Å². The number of rotatable bonds is 6. The molecule has 1 aromatic rings. The third-order valence-corrected chi connectivity index (χ3v) is 3.25. The topological polar surface area (TPSA) is 64.3 Å². The lowest BCUT2D eigenvalue weighted by atomic mass is 9.98. The van der Waals surface area contributed by atoms with Crippen molar-refractivity contribution in [1.82, 2.24) is 0 Å². The lowest BCUT2D eigenvalue weighted by Crippen LogP contribution is -2.41. The van der Waals surface area contributed by atoms with Crippen molar-refractivity contribution in [3.8, 4) is 0 Å². The number of primary amides is 1.